The molecule has 3 nitrogen and oxygen atoms in total. The van der Waals surface area contributed by atoms with E-state index in [-0.39, 0.29) is 0 Å². The predicted octanol–water partition coefficient (Wildman–Crippen LogP) is 0.955. The van der Waals surface area contributed by atoms with Crippen molar-refractivity contribution in [3.05, 3.63) is 0 Å². The van der Waals surface area contributed by atoms with E-state index < -0.39 is 5.60 Å². The van der Waals surface area contributed by atoms with Crippen LogP contribution in [-0.4, -0.2) is 40.5 Å². The van der Waals surface area contributed by atoms with Crippen molar-refractivity contribution in [1.29, 1.82) is 0 Å². The first kappa shape index (κ1) is 10.1. The number of carbonyl (C=O) groups is 1. The third-order valence-electron chi connectivity index (χ3n) is 3.45. The number of rotatable bonds is 3. The van der Waals surface area contributed by atoms with Crippen molar-refractivity contribution in [3.63, 3.8) is 0 Å². The molecule has 2 fully saturated rings. The second-order valence-corrected chi connectivity index (χ2v) is 4.81. The van der Waals surface area contributed by atoms with Gasteiger partial charge in [0.15, 0.2) is 0 Å². The van der Waals surface area contributed by atoms with Crippen molar-refractivity contribution in [2.24, 2.45) is 0 Å². The molecule has 2 aliphatic rings. The number of aliphatic hydroxyl groups is 1. The van der Waals surface area contributed by atoms with Crippen molar-refractivity contribution < 1.29 is 9.90 Å². The van der Waals surface area contributed by atoms with Crippen LogP contribution in [0.4, 0.5) is 0 Å². The minimum atomic E-state index is -0.444. The first-order valence-electron chi connectivity index (χ1n) is 5.61. The SMILES string of the molecule is CCCC1(O)CN(C2CCC(=O)C2)C1. The zero-order valence-corrected chi connectivity index (χ0v) is 8.83. The number of likely N-dealkylation sites (tertiary alicyclic amines) is 1. The number of hydrogen-bond donors (Lipinski definition) is 1. The predicted molar refractivity (Wildman–Crippen MR) is 54.1 cm³/mol. The van der Waals surface area contributed by atoms with E-state index in [1.54, 1.807) is 0 Å². The van der Waals surface area contributed by atoms with E-state index in [2.05, 4.69) is 11.8 Å². The lowest BCUT2D eigenvalue weighted by Gasteiger charge is -2.49. The first-order chi connectivity index (χ1) is 6.63. The minimum absolute atomic E-state index is 0.390. The molecule has 0 bridgehead atoms. The van der Waals surface area contributed by atoms with Crippen LogP contribution in [0.25, 0.3) is 0 Å². The molecule has 14 heavy (non-hydrogen) atoms. The number of ketones is 1. The maximum Gasteiger partial charge on any atom is 0.134 e. The molecule has 0 amide bonds. The van der Waals surface area contributed by atoms with Gasteiger partial charge in [0.2, 0.25) is 0 Å². The van der Waals surface area contributed by atoms with E-state index in [4.69, 9.17) is 0 Å². The number of hydrogen-bond acceptors (Lipinski definition) is 3. The summed E-state index contributed by atoms with van der Waals surface area (Å²) in [6.07, 6.45) is 4.38. The second kappa shape index (κ2) is 3.63. The van der Waals surface area contributed by atoms with Gasteiger partial charge in [-0.25, -0.2) is 0 Å². The summed E-state index contributed by atoms with van der Waals surface area (Å²) in [4.78, 5) is 13.4. The van der Waals surface area contributed by atoms with Gasteiger partial charge in [-0.1, -0.05) is 13.3 Å². The first-order valence-corrected chi connectivity index (χ1v) is 5.61. The van der Waals surface area contributed by atoms with Gasteiger partial charge >= 0.3 is 0 Å². The molecule has 1 unspecified atom stereocenters. The Labute approximate surface area is 85.1 Å². The minimum Gasteiger partial charge on any atom is -0.387 e. The maximum absolute atomic E-state index is 11.1. The second-order valence-electron chi connectivity index (χ2n) is 4.81. The van der Waals surface area contributed by atoms with Crippen molar-refractivity contribution in [2.75, 3.05) is 13.1 Å². The average molecular weight is 197 g/mol. The number of Topliss-reactive ketones (excluding diaryl/α,β-unsaturated/α-hetero) is 1. The van der Waals surface area contributed by atoms with Crippen LogP contribution < -0.4 is 0 Å². The van der Waals surface area contributed by atoms with Crippen molar-refractivity contribution in [3.8, 4) is 0 Å². The van der Waals surface area contributed by atoms with Gasteiger partial charge in [-0.05, 0) is 12.8 Å². The lowest BCUT2D eigenvalue weighted by atomic mass is 9.87. The number of nitrogens with zero attached hydrogens (tertiary/aromatic N) is 1. The number of carbonyl (C=O) groups excluding carboxylic acids is 1. The fourth-order valence-corrected chi connectivity index (χ4v) is 2.70. The summed E-state index contributed by atoms with van der Waals surface area (Å²) in [6, 6.07) is 0.430. The van der Waals surface area contributed by atoms with Gasteiger partial charge in [-0.2, -0.15) is 0 Å². The molecule has 0 aromatic heterocycles. The van der Waals surface area contributed by atoms with Crippen LogP contribution in [0.15, 0.2) is 0 Å². The Morgan fingerprint density at radius 3 is 2.79 bits per heavy atom. The molecule has 1 aliphatic heterocycles. The quantitative estimate of drug-likeness (QED) is 0.732. The van der Waals surface area contributed by atoms with E-state index in [9.17, 15) is 9.90 Å². The molecule has 1 N–H and O–H groups in total. The molecule has 1 atom stereocenters. The Bertz CT molecular complexity index is 233. The Morgan fingerprint density at radius 2 is 2.29 bits per heavy atom. The topological polar surface area (TPSA) is 40.5 Å². The summed E-state index contributed by atoms with van der Waals surface area (Å²) < 4.78 is 0. The van der Waals surface area contributed by atoms with Gasteiger partial charge in [-0.15, -0.1) is 0 Å². The van der Waals surface area contributed by atoms with Gasteiger partial charge in [0.05, 0.1) is 5.60 Å². The van der Waals surface area contributed by atoms with Crippen molar-refractivity contribution in [1.82, 2.24) is 4.90 Å². The van der Waals surface area contributed by atoms with E-state index >= 15 is 0 Å². The van der Waals surface area contributed by atoms with E-state index in [0.717, 1.165) is 38.8 Å². The molecule has 0 radical (unpaired) electrons. The van der Waals surface area contributed by atoms with Crippen LogP contribution in [0.3, 0.4) is 0 Å². The van der Waals surface area contributed by atoms with Crippen LogP contribution in [0.5, 0.6) is 0 Å². The normalized spacial score (nSPS) is 31.9. The molecular formula is C11H19NO2. The lowest BCUT2D eigenvalue weighted by molar-refractivity contribution is -0.125. The van der Waals surface area contributed by atoms with Gasteiger partial charge in [0.1, 0.15) is 5.78 Å². The average Bonchev–Trinajstić information content (AvgIpc) is 2.47. The highest BCUT2D eigenvalue weighted by atomic mass is 16.3. The molecule has 1 saturated carbocycles. The molecule has 1 saturated heterocycles. The van der Waals surface area contributed by atoms with Crippen LogP contribution >= 0.6 is 0 Å². The molecule has 2 rings (SSSR count). The highest BCUT2D eigenvalue weighted by Crippen LogP contribution is 2.32. The summed E-state index contributed by atoms with van der Waals surface area (Å²) in [5.74, 6) is 0.390. The number of β-amino-alcohol motifs (C(OH)–C–C–N with tert-alkyl or cyclic N) is 1. The Morgan fingerprint density at radius 1 is 1.57 bits per heavy atom. The van der Waals surface area contributed by atoms with E-state index in [0.29, 0.717) is 18.2 Å². The molecular weight excluding hydrogens is 178 g/mol. The van der Waals surface area contributed by atoms with Gasteiger partial charge < -0.3 is 5.11 Å². The molecule has 0 aromatic rings. The summed E-state index contributed by atoms with van der Waals surface area (Å²) in [7, 11) is 0. The third kappa shape index (κ3) is 1.84. The smallest absolute Gasteiger partial charge is 0.134 e. The molecule has 0 spiro atoms. The van der Waals surface area contributed by atoms with Crippen LogP contribution in [0.1, 0.15) is 39.0 Å². The Hall–Kier alpha value is -0.410. The van der Waals surface area contributed by atoms with Crippen LogP contribution in [-0.2, 0) is 4.79 Å². The highest BCUT2D eigenvalue weighted by Gasteiger charge is 2.44. The van der Waals surface area contributed by atoms with Crippen molar-refractivity contribution in [2.45, 2.75) is 50.7 Å². The summed E-state index contributed by atoms with van der Waals surface area (Å²) in [5.41, 5.74) is -0.444. The fraction of sp³-hybridized carbons (Fsp3) is 0.909. The standard InChI is InChI=1S/C11H19NO2/c1-2-5-11(14)7-12(8-11)9-3-4-10(13)6-9/h9,14H,2-8H2,1H3. The van der Waals surface area contributed by atoms with Crippen LogP contribution in [0, 0.1) is 0 Å². The lowest BCUT2D eigenvalue weighted by Crippen LogP contribution is -2.64. The van der Waals surface area contributed by atoms with E-state index in [1.807, 2.05) is 0 Å². The van der Waals surface area contributed by atoms with Gasteiger partial charge in [0.25, 0.3) is 0 Å². The fourth-order valence-electron chi connectivity index (χ4n) is 2.70. The summed E-state index contributed by atoms with van der Waals surface area (Å²) >= 11 is 0. The molecule has 3 heteroatoms. The molecule has 80 valence electrons. The summed E-state index contributed by atoms with van der Waals surface area (Å²) in [5, 5.41) is 9.98. The zero-order valence-electron chi connectivity index (χ0n) is 8.83. The Kier molecular flexibility index (Phi) is 2.62. The zero-order chi connectivity index (χ0) is 10.2. The maximum atomic E-state index is 11.1. The third-order valence-corrected chi connectivity index (χ3v) is 3.45. The van der Waals surface area contributed by atoms with Crippen LogP contribution in [0.2, 0.25) is 0 Å². The monoisotopic (exact) mass is 197 g/mol. The molecule has 1 aliphatic carbocycles. The summed E-state index contributed by atoms with van der Waals surface area (Å²) in [6.45, 7) is 3.65. The Balaban J connectivity index is 1.79. The van der Waals surface area contributed by atoms with Gasteiger partial charge in [0, 0.05) is 32.0 Å². The largest absolute Gasteiger partial charge is 0.387 e. The highest BCUT2D eigenvalue weighted by molar-refractivity contribution is 5.81. The van der Waals surface area contributed by atoms with Gasteiger partial charge in [-0.3, -0.25) is 9.69 Å². The molecule has 0 aromatic carbocycles. The van der Waals surface area contributed by atoms with E-state index in [1.165, 1.54) is 0 Å². The van der Waals surface area contributed by atoms with Crippen molar-refractivity contribution >= 4 is 5.78 Å². The molecule has 1 heterocycles.